The van der Waals surface area contributed by atoms with E-state index >= 15 is 0 Å². The molecule has 2 rings (SSSR count). The zero-order valence-electron chi connectivity index (χ0n) is 11.7. The van der Waals surface area contributed by atoms with Crippen LogP contribution in [0.1, 0.15) is 12.5 Å². The van der Waals surface area contributed by atoms with Crippen LogP contribution >= 0.6 is 15.9 Å². The van der Waals surface area contributed by atoms with Crippen molar-refractivity contribution in [1.82, 2.24) is 0 Å². The quantitative estimate of drug-likeness (QED) is 0.865. The minimum Gasteiger partial charge on any atom is -0.479 e. The van der Waals surface area contributed by atoms with Crippen molar-refractivity contribution in [1.29, 1.82) is 0 Å². The fourth-order valence-corrected chi connectivity index (χ4v) is 2.92. The molecule has 2 aromatic carbocycles. The van der Waals surface area contributed by atoms with E-state index in [-0.39, 0.29) is 5.92 Å². The lowest BCUT2D eigenvalue weighted by atomic mass is 9.94. The largest absolute Gasteiger partial charge is 0.479 e. The fourth-order valence-electron chi connectivity index (χ4n) is 2.26. The SMILES string of the molecule is CC(Cc1ccc(-c2ccccc2)c(Br)c1)C(O)C(=O)O. The Hall–Kier alpha value is -1.65. The summed E-state index contributed by atoms with van der Waals surface area (Å²) in [5, 5.41) is 18.4. The van der Waals surface area contributed by atoms with Crippen LogP contribution in [0.4, 0.5) is 0 Å². The van der Waals surface area contributed by atoms with Crippen LogP contribution in [-0.2, 0) is 11.2 Å². The topological polar surface area (TPSA) is 57.5 Å². The number of halogens is 1. The van der Waals surface area contributed by atoms with Gasteiger partial charge in [0.25, 0.3) is 0 Å². The number of carboxylic acid groups (broad SMARTS) is 1. The molecule has 110 valence electrons. The van der Waals surface area contributed by atoms with Crippen LogP contribution in [0.3, 0.4) is 0 Å². The second kappa shape index (κ2) is 6.87. The summed E-state index contributed by atoms with van der Waals surface area (Å²) in [4.78, 5) is 10.8. The molecule has 0 heterocycles. The number of carbonyl (C=O) groups is 1. The molecule has 0 amide bonds. The highest BCUT2D eigenvalue weighted by Crippen LogP contribution is 2.29. The molecule has 2 unspecified atom stereocenters. The summed E-state index contributed by atoms with van der Waals surface area (Å²) < 4.78 is 0.961. The number of aliphatic hydroxyl groups is 1. The predicted molar refractivity (Wildman–Crippen MR) is 86.1 cm³/mol. The van der Waals surface area contributed by atoms with Crippen molar-refractivity contribution < 1.29 is 15.0 Å². The van der Waals surface area contributed by atoms with E-state index in [0.717, 1.165) is 21.2 Å². The van der Waals surface area contributed by atoms with Gasteiger partial charge in [0.1, 0.15) is 0 Å². The highest BCUT2D eigenvalue weighted by atomic mass is 79.9. The minimum absolute atomic E-state index is 0.336. The summed E-state index contributed by atoms with van der Waals surface area (Å²) in [6.45, 7) is 1.73. The molecule has 2 N–H and O–H groups in total. The molecule has 2 atom stereocenters. The van der Waals surface area contributed by atoms with E-state index in [4.69, 9.17) is 5.11 Å². The third-order valence-corrected chi connectivity index (χ3v) is 4.12. The van der Waals surface area contributed by atoms with E-state index in [1.165, 1.54) is 0 Å². The van der Waals surface area contributed by atoms with Gasteiger partial charge in [0, 0.05) is 4.47 Å². The molecule has 0 aliphatic carbocycles. The van der Waals surface area contributed by atoms with Gasteiger partial charge in [0.05, 0.1) is 0 Å². The zero-order chi connectivity index (χ0) is 15.4. The summed E-state index contributed by atoms with van der Waals surface area (Å²) in [5.74, 6) is -1.51. The number of benzene rings is 2. The Kier molecular flexibility index (Phi) is 5.15. The predicted octanol–water partition coefficient (Wildman–Crippen LogP) is 3.74. The molecule has 4 heteroatoms. The number of hydrogen-bond donors (Lipinski definition) is 2. The molecule has 0 saturated carbocycles. The number of rotatable bonds is 5. The summed E-state index contributed by atoms with van der Waals surface area (Å²) in [5.41, 5.74) is 3.20. The minimum atomic E-state index is -1.34. The molecule has 0 spiro atoms. The van der Waals surface area contributed by atoms with E-state index in [9.17, 15) is 9.90 Å². The first kappa shape index (κ1) is 15.7. The average molecular weight is 349 g/mol. The van der Waals surface area contributed by atoms with Crippen LogP contribution in [0.25, 0.3) is 11.1 Å². The van der Waals surface area contributed by atoms with Gasteiger partial charge in [-0.3, -0.25) is 0 Å². The Bertz CT molecular complexity index is 625. The summed E-state index contributed by atoms with van der Waals surface area (Å²) in [6.07, 6.45) is -0.821. The fraction of sp³-hybridized carbons (Fsp3) is 0.235. The third-order valence-electron chi connectivity index (χ3n) is 3.47. The lowest BCUT2D eigenvalue weighted by Gasteiger charge is -2.15. The number of carboxylic acids is 1. The Morgan fingerprint density at radius 2 is 1.86 bits per heavy atom. The van der Waals surface area contributed by atoms with Crippen molar-refractivity contribution in [2.45, 2.75) is 19.4 Å². The molecule has 3 nitrogen and oxygen atoms in total. The molecule has 0 aliphatic heterocycles. The van der Waals surface area contributed by atoms with Crippen LogP contribution in [0.5, 0.6) is 0 Å². The van der Waals surface area contributed by atoms with Crippen LogP contribution < -0.4 is 0 Å². The molecule has 0 radical (unpaired) electrons. The zero-order valence-corrected chi connectivity index (χ0v) is 13.2. The summed E-state index contributed by atoms with van der Waals surface area (Å²) >= 11 is 3.56. The molecule has 0 fully saturated rings. The first-order valence-corrected chi connectivity index (χ1v) is 7.53. The standard InChI is InChI=1S/C17H17BrO3/c1-11(16(19)17(20)21)9-12-7-8-14(15(18)10-12)13-5-3-2-4-6-13/h2-8,10-11,16,19H,9H2,1H3,(H,20,21). The average Bonchev–Trinajstić information content (AvgIpc) is 2.47. The van der Waals surface area contributed by atoms with Crippen LogP contribution in [0, 0.1) is 5.92 Å². The second-order valence-corrected chi connectivity index (χ2v) is 6.00. The third kappa shape index (κ3) is 3.93. The van der Waals surface area contributed by atoms with Gasteiger partial charge in [-0.15, -0.1) is 0 Å². The first-order chi connectivity index (χ1) is 9.99. The van der Waals surface area contributed by atoms with E-state index in [0.29, 0.717) is 6.42 Å². The van der Waals surface area contributed by atoms with Crippen LogP contribution in [-0.4, -0.2) is 22.3 Å². The van der Waals surface area contributed by atoms with Crippen molar-refractivity contribution in [2.24, 2.45) is 5.92 Å². The van der Waals surface area contributed by atoms with Crippen molar-refractivity contribution >= 4 is 21.9 Å². The van der Waals surface area contributed by atoms with Gasteiger partial charge >= 0.3 is 5.97 Å². The van der Waals surface area contributed by atoms with Crippen LogP contribution in [0.15, 0.2) is 53.0 Å². The van der Waals surface area contributed by atoms with Crippen molar-refractivity contribution in [3.8, 4) is 11.1 Å². The first-order valence-electron chi connectivity index (χ1n) is 6.73. The Labute approximate surface area is 132 Å². The van der Waals surface area contributed by atoms with Gasteiger partial charge in [0.15, 0.2) is 6.10 Å². The van der Waals surface area contributed by atoms with Crippen molar-refractivity contribution in [3.05, 3.63) is 58.6 Å². The van der Waals surface area contributed by atoms with Crippen molar-refractivity contribution in [2.75, 3.05) is 0 Å². The number of aliphatic carboxylic acids is 1. The Morgan fingerprint density at radius 1 is 1.19 bits per heavy atom. The Balaban J connectivity index is 2.18. The maximum absolute atomic E-state index is 10.8. The Morgan fingerprint density at radius 3 is 2.43 bits per heavy atom. The molecular formula is C17H17BrO3. The number of aliphatic hydroxyl groups excluding tert-OH is 1. The lowest BCUT2D eigenvalue weighted by Crippen LogP contribution is -2.28. The molecule has 21 heavy (non-hydrogen) atoms. The summed E-state index contributed by atoms with van der Waals surface area (Å²) in [6, 6.07) is 16.0. The smallest absolute Gasteiger partial charge is 0.332 e. The molecule has 2 aromatic rings. The van der Waals surface area contributed by atoms with E-state index < -0.39 is 12.1 Å². The normalized spacial score (nSPS) is 13.7. The highest BCUT2D eigenvalue weighted by Gasteiger charge is 2.21. The molecular weight excluding hydrogens is 332 g/mol. The van der Waals surface area contributed by atoms with Gasteiger partial charge < -0.3 is 10.2 Å². The lowest BCUT2D eigenvalue weighted by molar-refractivity contribution is -0.149. The maximum atomic E-state index is 10.8. The van der Waals surface area contributed by atoms with Crippen molar-refractivity contribution in [3.63, 3.8) is 0 Å². The van der Waals surface area contributed by atoms with Gasteiger partial charge in [0.2, 0.25) is 0 Å². The van der Waals surface area contributed by atoms with Gasteiger partial charge in [-0.05, 0) is 35.1 Å². The monoisotopic (exact) mass is 348 g/mol. The molecule has 0 saturated heterocycles. The highest BCUT2D eigenvalue weighted by molar-refractivity contribution is 9.10. The van der Waals surface area contributed by atoms with Gasteiger partial charge in [-0.1, -0.05) is 65.3 Å². The second-order valence-electron chi connectivity index (χ2n) is 5.14. The number of hydrogen-bond acceptors (Lipinski definition) is 2. The van der Waals surface area contributed by atoms with Crippen LogP contribution in [0.2, 0.25) is 0 Å². The molecule has 0 aliphatic rings. The summed E-state index contributed by atoms with van der Waals surface area (Å²) in [7, 11) is 0. The van der Waals surface area contributed by atoms with Gasteiger partial charge in [-0.2, -0.15) is 0 Å². The molecule has 0 bridgehead atoms. The molecule has 0 aromatic heterocycles. The van der Waals surface area contributed by atoms with E-state index in [2.05, 4.69) is 15.9 Å². The maximum Gasteiger partial charge on any atom is 0.332 e. The van der Waals surface area contributed by atoms with Gasteiger partial charge in [-0.25, -0.2) is 4.79 Å². The van der Waals surface area contributed by atoms with E-state index in [1.807, 2.05) is 48.5 Å². The van der Waals surface area contributed by atoms with E-state index in [1.54, 1.807) is 6.92 Å².